The number of hydrogen-bond donors (Lipinski definition) is 2. The van der Waals surface area contributed by atoms with E-state index in [2.05, 4.69) is 10.3 Å². The predicted octanol–water partition coefficient (Wildman–Crippen LogP) is 2.48. The Hall–Kier alpha value is -2.60. The number of nitrogens with one attached hydrogen (secondary N) is 1. The minimum atomic E-state index is -0.538. The van der Waals surface area contributed by atoms with Crippen LogP contribution in [0.3, 0.4) is 0 Å². The van der Waals surface area contributed by atoms with E-state index in [1.807, 2.05) is 38.1 Å². The van der Waals surface area contributed by atoms with Crippen LogP contribution in [-0.4, -0.2) is 24.0 Å². The summed E-state index contributed by atoms with van der Waals surface area (Å²) in [7, 11) is 1.60. The average molecular weight is 329 g/mol. The number of amides is 1. The summed E-state index contributed by atoms with van der Waals surface area (Å²) >= 11 is 0. The molecule has 3 N–H and O–H groups in total. The number of benzene rings is 1. The largest absolute Gasteiger partial charge is 0.497 e. The monoisotopic (exact) mass is 329 g/mol. The molecule has 24 heavy (non-hydrogen) atoms. The Labute approximate surface area is 142 Å². The molecule has 6 heteroatoms. The minimum Gasteiger partial charge on any atom is -0.497 e. The summed E-state index contributed by atoms with van der Waals surface area (Å²) in [5, 5.41) is 2.82. The van der Waals surface area contributed by atoms with E-state index < -0.39 is 6.04 Å². The summed E-state index contributed by atoms with van der Waals surface area (Å²) < 4.78 is 11.0. The van der Waals surface area contributed by atoms with Crippen LogP contribution >= 0.6 is 0 Å². The molecule has 0 spiro atoms. The van der Waals surface area contributed by atoms with Crippen LogP contribution in [0.1, 0.15) is 19.4 Å². The Morgan fingerprint density at radius 3 is 2.71 bits per heavy atom. The minimum absolute atomic E-state index is 0.0754. The lowest BCUT2D eigenvalue weighted by Crippen LogP contribution is -2.43. The molecule has 1 atom stereocenters. The number of pyridine rings is 1. The first-order chi connectivity index (χ1) is 11.5. The molecule has 1 amide bonds. The summed E-state index contributed by atoms with van der Waals surface area (Å²) in [6.45, 7) is 4.11. The molecule has 128 valence electrons. The van der Waals surface area contributed by atoms with Crippen LogP contribution in [0.5, 0.6) is 17.4 Å². The van der Waals surface area contributed by atoms with Crippen molar-refractivity contribution in [3.8, 4) is 17.4 Å². The molecule has 0 saturated carbocycles. The van der Waals surface area contributed by atoms with Crippen molar-refractivity contribution in [3.63, 3.8) is 0 Å². The molecule has 0 bridgehead atoms. The maximum atomic E-state index is 12.0. The second kappa shape index (κ2) is 8.31. The molecule has 6 nitrogen and oxygen atoms in total. The van der Waals surface area contributed by atoms with Crippen LogP contribution in [0.4, 0.5) is 0 Å². The third kappa shape index (κ3) is 4.70. The summed E-state index contributed by atoms with van der Waals surface area (Å²) in [5.41, 5.74) is 6.61. The average Bonchev–Trinajstić information content (AvgIpc) is 2.60. The first-order valence-corrected chi connectivity index (χ1v) is 7.80. The molecule has 2 aromatic rings. The van der Waals surface area contributed by atoms with Gasteiger partial charge >= 0.3 is 0 Å². The van der Waals surface area contributed by atoms with Crippen molar-refractivity contribution in [1.82, 2.24) is 10.3 Å². The maximum Gasteiger partial charge on any atom is 0.237 e. The number of ether oxygens (including phenoxy) is 2. The molecule has 1 aromatic heterocycles. The van der Waals surface area contributed by atoms with Gasteiger partial charge in [-0.05, 0) is 24.1 Å². The molecule has 0 radical (unpaired) electrons. The number of aromatic nitrogens is 1. The van der Waals surface area contributed by atoms with Crippen molar-refractivity contribution in [1.29, 1.82) is 0 Å². The first-order valence-electron chi connectivity index (χ1n) is 7.80. The van der Waals surface area contributed by atoms with Gasteiger partial charge in [-0.15, -0.1) is 0 Å². The number of carbonyl (C=O) groups is 1. The topological polar surface area (TPSA) is 86.5 Å². The Kier molecular flexibility index (Phi) is 6.14. The predicted molar refractivity (Wildman–Crippen MR) is 92.0 cm³/mol. The lowest BCUT2D eigenvalue weighted by Gasteiger charge is -2.16. The van der Waals surface area contributed by atoms with Gasteiger partial charge in [0.05, 0.1) is 13.2 Å². The van der Waals surface area contributed by atoms with E-state index in [1.165, 1.54) is 0 Å². The number of nitrogens with zero attached hydrogens (tertiary/aromatic N) is 1. The van der Waals surface area contributed by atoms with Gasteiger partial charge in [0.1, 0.15) is 11.5 Å². The zero-order chi connectivity index (χ0) is 17.5. The molecular formula is C18H23N3O3. The highest BCUT2D eigenvalue weighted by Crippen LogP contribution is 2.26. The second-order valence-electron chi connectivity index (χ2n) is 5.74. The summed E-state index contributed by atoms with van der Waals surface area (Å²) in [6, 6.07) is 10.4. The summed E-state index contributed by atoms with van der Waals surface area (Å²) in [4.78, 5) is 16.2. The SMILES string of the molecule is COc1cccc(Oc2ncccc2CNC(=O)[C@@H](N)C(C)C)c1. The van der Waals surface area contributed by atoms with Crippen molar-refractivity contribution in [2.45, 2.75) is 26.4 Å². The fraction of sp³-hybridized carbons (Fsp3) is 0.333. The van der Waals surface area contributed by atoms with E-state index in [0.29, 0.717) is 23.9 Å². The normalized spacial score (nSPS) is 11.9. The summed E-state index contributed by atoms with van der Waals surface area (Å²) in [5.74, 6) is 1.62. The maximum absolute atomic E-state index is 12.0. The highest BCUT2D eigenvalue weighted by Gasteiger charge is 2.17. The zero-order valence-electron chi connectivity index (χ0n) is 14.2. The molecule has 0 fully saturated rings. The fourth-order valence-corrected chi connectivity index (χ4v) is 2.03. The van der Waals surface area contributed by atoms with Gasteiger partial charge in [-0.25, -0.2) is 4.98 Å². The third-order valence-electron chi connectivity index (χ3n) is 3.58. The van der Waals surface area contributed by atoms with Crippen LogP contribution in [0, 0.1) is 5.92 Å². The number of hydrogen-bond acceptors (Lipinski definition) is 5. The second-order valence-corrected chi connectivity index (χ2v) is 5.74. The number of nitrogens with two attached hydrogens (primary N) is 1. The van der Waals surface area contributed by atoms with Crippen LogP contribution in [0.15, 0.2) is 42.6 Å². The highest BCUT2D eigenvalue weighted by atomic mass is 16.5. The first kappa shape index (κ1) is 17.7. The van der Waals surface area contributed by atoms with Gasteiger partial charge in [0.2, 0.25) is 11.8 Å². The Morgan fingerprint density at radius 1 is 1.25 bits per heavy atom. The molecule has 1 heterocycles. The molecule has 2 rings (SSSR count). The molecule has 0 aliphatic rings. The standard InChI is InChI=1S/C18H23N3O3/c1-12(2)16(19)17(22)21-11-13-6-5-9-20-18(13)24-15-8-4-7-14(10-15)23-3/h4-10,12,16H,11,19H2,1-3H3,(H,21,22)/t16-/m0/s1. The molecule has 0 aliphatic heterocycles. The van der Waals surface area contributed by atoms with Crippen LogP contribution in [0.25, 0.3) is 0 Å². The van der Waals surface area contributed by atoms with Crippen molar-refractivity contribution in [3.05, 3.63) is 48.2 Å². The molecule has 0 saturated heterocycles. The van der Waals surface area contributed by atoms with Gasteiger partial charge in [-0.3, -0.25) is 4.79 Å². The van der Waals surface area contributed by atoms with E-state index in [9.17, 15) is 4.79 Å². The molecule has 1 aromatic carbocycles. The number of carbonyl (C=O) groups excluding carboxylic acids is 1. The van der Waals surface area contributed by atoms with E-state index in [4.69, 9.17) is 15.2 Å². The number of methoxy groups -OCH3 is 1. The zero-order valence-corrected chi connectivity index (χ0v) is 14.2. The lowest BCUT2D eigenvalue weighted by molar-refractivity contribution is -0.123. The van der Waals surface area contributed by atoms with Gasteiger partial charge in [0, 0.05) is 24.4 Å². The highest BCUT2D eigenvalue weighted by molar-refractivity contribution is 5.81. The lowest BCUT2D eigenvalue weighted by atomic mass is 10.1. The van der Waals surface area contributed by atoms with Gasteiger partial charge in [-0.2, -0.15) is 0 Å². The molecule has 0 unspecified atom stereocenters. The molecule has 0 aliphatic carbocycles. The quantitative estimate of drug-likeness (QED) is 0.815. The fourth-order valence-electron chi connectivity index (χ4n) is 2.03. The van der Waals surface area contributed by atoms with Gasteiger partial charge < -0.3 is 20.5 Å². The Balaban J connectivity index is 2.08. The van der Waals surface area contributed by atoms with E-state index in [0.717, 1.165) is 5.56 Å². The van der Waals surface area contributed by atoms with Crippen LogP contribution in [-0.2, 0) is 11.3 Å². The van der Waals surface area contributed by atoms with Crippen LogP contribution in [0.2, 0.25) is 0 Å². The molecular weight excluding hydrogens is 306 g/mol. The van der Waals surface area contributed by atoms with Gasteiger partial charge in [0.15, 0.2) is 0 Å². The number of rotatable bonds is 7. The Bertz CT molecular complexity index is 689. The summed E-state index contributed by atoms with van der Waals surface area (Å²) in [6.07, 6.45) is 1.64. The van der Waals surface area contributed by atoms with E-state index in [-0.39, 0.29) is 11.8 Å². The van der Waals surface area contributed by atoms with Gasteiger partial charge in [0.25, 0.3) is 0 Å². The van der Waals surface area contributed by atoms with Crippen molar-refractivity contribution < 1.29 is 14.3 Å². The smallest absolute Gasteiger partial charge is 0.237 e. The van der Waals surface area contributed by atoms with E-state index in [1.54, 1.807) is 25.4 Å². The third-order valence-corrected chi connectivity index (χ3v) is 3.58. The van der Waals surface area contributed by atoms with Crippen molar-refractivity contribution >= 4 is 5.91 Å². The van der Waals surface area contributed by atoms with Crippen molar-refractivity contribution in [2.75, 3.05) is 7.11 Å². The van der Waals surface area contributed by atoms with Crippen LogP contribution < -0.4 is 20.5 Å². The van der Waals surface area contributed by atoms with E-state index >= 15 is 0 Å². The Morgan fingerprint density at radius 2 is 2.00 bits per heavy atom. The van der Waals surface area contributed by atoms with Crippen molar-refractivity contribution in [2.24, 2.45) is 11.7 Å². The van der Waals surface area contributed by atoms with Gasteiger partial charge in [-0.1, -0.05) is 26.0 Å².